The lowest BCUT2D eigenvalue weighted by Crippen LogP contribution is -2.36. The standard InChI is InChI=1S/C18H23F2N5O3/c1-11-17(23-24-25(11)12-4-6-21-7-5-12)18(27)22-9-13(26)10-28-14-2-3-15(19)16(20)8-14/h2-3,8,12-13,21,26H,4-7,9-10H2,1H3,(H,22,27). The number of aliphatic hydroxyl groups excluding tert-OH is 1. The van der Waals surface area contributed by atoms with E-state index in [1.165, 1.54) is 6.07 Å². The Hall–Kier alpha value is -2.59. The largest absolute Gasteiger partial charge is 0.491 e. The molecule has 1 atom stereocenters. The summed E-state index contributed by atoms with van der Waals surface area (Å²) in [6.45, 7) is 3.32. The molecule has 0 spiro atoms. The molecule has 1 saturated heterocycles. The third-order valence-corrected chi connectivity index (χ3v) is 4.63. The van der Waals surface area contributed by atoms with Crippen LogP contribution in [0.2, 0.25) is 0 Å². The van der Waals surface area contributed by atoms with Crippen LogP contribution in [0.5, 0.6) is 5.75 Å². The van der Waals surface area contributed by atoms with E-state index in [2.05, 4.69) is 20.9 Å². The fourth-order valence-electron chi connectivity index (χ4n) is 3.06. The highest BCUT2D eigenvalue weighted by Crippen LogP contribution is 2.20. The smallest absolute Gasteiger partial charge is 0.273 e. The molecule has 0 saturated carbocycles. The molecule has 10 heteroatoms. The van der Waals surface area contributed by atoms with Crippen molar-refractivity contribution < 1.29 is 23.4 Å². The van der Waals surface area contributed by atoms with Gasteiger partial charge in [0.15, 0.2) is 17.3 Å². The fraction of sp³-hybridized carbons (Fsp3) is 0.500. The maximum Gasteiger partial charge on any atom is 0.273 e. The van der Waals surface area contributed by atoms with E-state index in [4.69, 9.17) is 4.74 Å². The van der Waals surface area contributed by atoms with Crippen LogP contribution >= 0.6 is 0 Å². The molecule has 1 unspecified atom stereocenters. The van der Waals surface area contributed by atoms with Gasteiger partial charge < -0.3 is 20.5 Å². The minimum absolute atomic E-state index is 0.0812. The van der Waals surface area contributed by atoms with Crippen molar-refractivity contribution in [3.8, 4) is 5.75 Å². The van der Waals surface area contributed by atoms with E-state index in [0.29, 0.717) is 5.69 Å². The number of amides is 1. The number of carbonyl (C=O) groups is 1. The number of halogens is 2. The second-order valence-corrected chi connectivity index (χ2v) is 6.70. The minimum atomic E-state index is -1.03. The summed E-state index contributed by atoms with van der Waals surface area (Å²) < 4.78 is 33.0. The quantitative estimate of drug-likeness (QED) is 0.646. The van der Waals surface area contributed by atoms with Crippen molar-refractivity contribution in [2.45, 2.75) is 31.9 Å². The summed E-state index contributed by atoms with van der Waals surface area (Å²) in [5, 5.41) is 23.9. The molecule has 0 bridgehead atoms. The monoisotopic (exact) mass is 395 g/mol. The number of hydrogen-bond donors (Lipinski definition) is 3. The van der Waals surface area contributed by atoms with Crippen LogP contribution in [-0.2, 0) is 0 Å². The van der Waals surface area contributed by atoms with Crippen LogP contribution in [0.1, 0.15) is 35.1 Å². The number of rotatable bonds is 7. The van der Waals surface area contributed by atoms with Gasteiger partial charge in [0.2, 0.25) is 0 Å². The van der Waals surface area contributed by atoms with Crippen molar-refractivity contribution in [1.82, 2.24) is 25.6 Å². The van der Waals surface area contributed by atoms with Crippen molar-refractivity contribution in [2.24, 2.45) is 0 Å². The second-order valence-electron chi connectivity index (χ2n) is 6.70. The molecule has 2 aromatic rings. The highest BCUT2D eigenvalue weighted by atomic mass is 19.2. The van der Waals surface area contributed by atoms with E-state index in [-0.39, 0.29) is 30.6 Å². The van der Waals surface area contributed by atoms with Crippen molar-refractivity contribution in [1.29, 1.82) is 0 Å². The topological polar surface area (TPSA) is 101 Å². The van der Waals surface area contributed by atoms with Gasteiger partial charge in [0.1, 0.15) is 18.5 Å². The number of benzene rings is 1. The number of hydrogen-bond acceptors (Lipinski definition) is 6. The molecule has 1 aliphatic rings. The molecule has 2 heterocycles. The van der Waals surface area contributed by atoms with Crippen LogP contribution in [0.3, 0.4) is 0 Å². The van der Waals surface area contributed by atoms with Gasteiger partial charge >= 0.3 is 0 Å². The predicted molar refractivity (Wildman–Crippen MR) is 96.1 cm³/mol. The average molecular weight is 395 g/mol. The first-order valence-corrected chi connectivity index (χ1v) is 9.12. The number of ether oxygens (including phenoxy) is 1. The minimum Gasteiger partial charge on any atom is -0.491 e. The summed E-state index contributed by atoms with van der Waals surface area (Å²) in [5.74, 6) is -2.37. The number of aliphatic hydroxyl groups is 1. The van der Waals surface area contributed by atoms with Crippen LogP contribution < -0.4 is 15.4 Å². The van der Waals surface area contributed by atoms with Gasteiger partial charge in [-0.25, -0.2) is 13.5 Å². The summed E-state index contributed by atoms with van der Waals surface area (Å²) in [7, 11) is 0. The van der Waals surface area contributed by atoms with E-state index in [1.807, 2.05) is 0 Å². The van der Waals surface area contributed by atoms with E-state index < -0.39 is 23.6 Å². The Morgan fingerprint density at radius 3 is 2.86 bits per heavy atom. The Morgan fingerprint density at radius 1 is 1.39 bits per heavy atom. The van der Waals surface area contributed by atoms with E-state index in [9.17, 15) is 18.7 Å². The maximum atomic E-state index is 13.1. The lowest BCUT2D eigenvalue weighted by atomic mass is 10.1. The van der Waals surface area contributed by atoms with Crippen molar-refractivity contribution in [2.75, 3.05) is 26.2 Å². The lowest BCUT2D eigenvalue weighted by molar-refractivity contribution is 0.0838. The lowest BCUT2D eigenvalue weighted by Gasteiger charge is -2.23. The summed E-state index contributed by atoms with van der Waals surface area (Å²) in [6, 6.07) is 3.30. The van der Waals surface area contributed by atoms with Gasteiger partial charge in [0.05, 0.1) is 11.7 Å². The van der Waals surface area contributed by atoms with Crippen LogP contribution in [0.4, 0.5) is 8.78 Å². The molecule has 28 heavy (non-hydrogen) atoms. The second kappa shape index (κ2) is 9.07. The number of nitrogens with one attached hydrogen (secondary N) is 2. The van der Waals surface area contributed by atoms with Gasteiger partial charge in [0.25, 0.3) is 5.91 Å². The van der Waals surface area contributed by atoms with E-state index in [1.54, 1.807) is 11.6 Å². The zero-order chi connectivity index (χ0) is 20.1. The molecule has 1 aromatic carbocycles. The van der Waals surface area contributed by atoms with Crippen LogP contribution in [0.15, 0.2) is 18.2 Å². The van der Waals surface area contributed by atoms with Gasteiger partial charge in [-0.3, -0.25) is 4.79 Å². The SMILES string of the molecule is Cc1c(C(=O)NCC(O)COc2ccc(F)c(F)c2)nnn1C1CCNCC1. The van der Waals surface area contributed by atoms with Crippen molar-refractivity contribution in [3.05, 3.63) is 41.2 Å². The van der Waals surface area contributed by atoms with Crippen LogP contribution in [-0.4, -0.2) is 58.4 Å². The molecule has 1 aromatic heterocycles. The predicted octanol–water partition coefficient (Wildman–Crippen LogP) is 0.959. The van der Waals surface area contributed by atoms with Gasteiger partial charge in [-0.2, -0.15) is 0 Å². The summed E-state index contributed by atoms with van der Waals surface area (Å²) in [4.78, 5) is 12.3. The molecular formula is C18H23F2N5O3. The van der Waals surface area contributed by atoms with Crippen LogP contribution in [0.25, 0.3) is 0 Å². The van der Waals surface area contributed by atoms with Crippen molar-refractivity contribution >= 4 is 5.91 Å². The third kappa shape index (κ3) is 4.82. The van der Waals surface area contributed by atoms with Crippen molar-refractivity contribution in [3.63, 3.8) is 0 Å². The number of aromatic nitrogens is 3. The fourth-order valence-corrected chi connectivity index (χ4v) is 3.06. The Bertz CT molecular complexity index is 824. The summed E-state index contributed by atoms with van der Waals surface area (Å²) in [6.07, 6.45) is 0.813. The van der Waals surface area contributed by atoms with Gasteiger partial charge in [-0.05, 0) is 45.0 Å². The molecule has 3 rings (SSSR count). The zero-order valence-corrected chi connectivity index (χ0v) is 15.5. The zero-order valence-electron chi connectivity index (χ0n) is 15.5. The normalized spacial score (nSPS) is 16.0. The first-order valence-electron chi connectivity index (χ1n) is 9.12. The molecule has 1 amide bonds. The Balaban J connectivity index is 1.49. The molecule has 152 valence electrons. The molecular weight excluding hydrogens is 372 g/mol. The Labute approximate surface area is 160 Å². The van der Waals surface area contributed by atoms with Gasteiger partial charge in [0, 0.05) is 12.6 Å². The Morgan fingerprint density at radius 2 is 2.14 bits per heavy atom. The number of piperidine rings is 1. The number of carbonyl (C=O) groups excluding carboxylic acids is 1. The third-order valence-electron chi connectivity index (χ3n) is 4.63. The molecule has 1 fully saturated rings. The highest BCUT2D eigenvalue weighted by Gasteiger charge is 2.23. The average Bonchev–Trinajstić information content (AvgIpc) is 3.09. The molecule has 1 aliphatic heterocycles. The first kappa shape index (κ1) is 20.2. The molecule has 3 N–H and O–H groups in total. The van der Waals surface area contributed by atoms with E-state index in [0.717, 1.165) is 38.1 Å². The summed E-state index contributed by atoms with van der Waals surface area (Å²) in [5.41, 5.74) is 0.893. The number of nitrogens with zero attached hydrogens (tertiary/aromatic N) is 3. The van der Waals surface area contributed by atoms with Gasteiger partial charge in [-0.1, -0.05) is 5.21 Å². The Kier molecular flexibility index (Phi) is 6.53. The summed E-state index contributed by atoms with van der Waals surface area (Å²) >= 11 is 0. The maximum absolute atomic E-state index is 13.1. The molecule has 0 radical (unpaired) electrons. The van der Waals surface area contributed by atoms with Crippen LogP contribution in [0, 0.1) is 18.6 Å². The molecule has 0 aliphatic carbocycles. The van der Waals surface area contributed by atoms with E-state index >= 15 is 0 Å². The highest BCUT2D eigenvalue weighted by molar-refractivity contribution is 5.93. The first-order chi connectivity index (χ1) is 13.5. The molecule has 8 nitrogen and oxygen atoms in total. The van der Waals surface area contributed by atoms with Gasteiger partial charge in [-0.15, -0.1) is 5.10 Å².